The SMILES string of the molecule is COC(C)(CCC(C)(C)C)OC. The summed E-state index contributed by atoms with van der Waals surface area (Å²) in [5, 5.41) is 0. The van der Waals surface area contributed by atoms with E-state index in [1.54, 1.807) is 14.2 Å². The zero-order valence-electron chi connectivity index (χ0n) is 9.23. The van der Waals surface area contributed by atoms with Gasteiger partial charge in [-0.15, -0.1) is 0 Å². The second-order valence-electron chi connectivity index (χ2n) is 4.60. The first-order chi connectivity index (χ1) is 5.33. The first-order valence-electron chi connectivity index (χ1n) is 4.43. The second kappa shape index (κ2) is 4.24. The highest BCUT2D eigenvalue weighted by Crippen LogP contribution is 2.27. The van der Waals surface area contributed by atoms with Crippen LogP contribution >= 0.6 is 0 Å². The van der Waals surface area contributed by atoms with Gasteiger partial charge in [0.25, 0.3) is 0 Å². The van der Waals surface area contributed by atoms with E-state index in [-0.39, 0.29) is 0 Å². The quantitative estimate of drug-likeness (QED) is 0.610. The van der Waals surface area contributed by atoms with Crippen molar-refractivity contribution in [3.8, 4) is 0 Å². The summed E-state index contributed by atoms with van der Waals surface area (Å²) >= 11 is 0. The Hall–Kier alpha value is -0.0800. The smallest absolute Gasteiger partial charge is 0.164 e. The molecule has 0 spiro atoms. The van der Waals surface area contributed by atoms with Gasteiger partial charge in [-0.1, -0.05) is 20.8 Å². The normalized spacial score (nSPS) is 13.5. The van der Waals surface area contributed by atoms with Crippen molar-refractivity contribution in [2.75, 3.05) is 14.2 Å². The molecule has 0 heterocycles. The van der Waals surface area contributed by atoms with Crippen molar-refractivity contribution in [3.05, 3.63) is 0 Å². The van der Waals surface area contributed by atoms with Gasteiger partial charge < -0.3 is 9.47 Å². The molecular formula is C10H22O2. The molecule has 74 valence electrons. The Morgan fingerprint density at radius 1 is 0.833 bits per heavy atom. The molecule has 0 aromatic rings. The number of ether oxygens (including phenoxy) is 2. The van der Waals surface area contributed by atoms with Crippen molar-refractivity contribution in [2.45, 2.75) is 46.3 Å². The summed E-state index contributed by atoms with van der Waals surface area (Å²) in [7, 11) is 3.37. The van der Waals surface area contributed by atoms with Crippen molar-refractivity contribution in [1.29, 1.82) is 0 Å². The molecule has 12 heavy (non-hydrogen) atoms. The molecule has 0 rings (SSSR count). The van der Waals surface area contributed by atoms with Gasteiger partial charge in [0.05, 0.1) is 0 Å². The molecule has 0 aromatic heterocycles. The van der Waals surface area contributed by atoms with Gasteiger partial charge >= 0.3 is 0 Å². The molecule has 0 bridgehead atoms. The average molecular weight is 174 g/mol. The minimum atomic E-state index is -0.409. The lowest BCUT2D eigenvalue weighted by atomic mass is 9.88. The fourth-order valence-electron chi connectivity index (χ4n) is 0.890. The van der Waals surface area contributed by atoms with Crippen LogP contribution in [0.5, 0.6) is 0 Å². The lowest BCUT2D eigenvalue weighted by molar-refractivity contribution is -0.200. The van der Waals surface area contributed by atoms with Crippen molar-refractivity contribution in [3.63, 3.8) is 0 Å². The Morgan fingerprint density at radius 2 is 1.25 bits per heavy atom. The van der Waals surface area contributed by atoms with E-state index in [1.165, 1.54) is 0 Å². The Morgan fingerprint density at radius 3 is 1.50 bits per heavy atom. The van der Waals surface area contributed by atoms with Gasteiger partial charge in [0.15, 0.2) is 5.79 Å². The van der Waals surface area contributed by atoms with Crippen LogP contribution in [0.2, 0.25) is 0 Å². The van der Waals surface area contributed by atoms with Crippen LogP contribution in [0.1, 0.15) is 40.5 Å². The number of rotatable bonds is 4. The molecule has 2 nitrogen and oxygen atoms in total. The Kier molecular flexibility index (Phi) is 4.21. The van der Waals surface area contributed by atoms with Crippen molar-refractivity contribution >= 4 is 0 Å². The van der Waals surface area contributed by atoms with Crippen LogP contribution in [0.25, 0.3) is 0 Å². The molecule has 0 unspecified atom stereocenters. The number of hydrogen-bond acceptors (Lipinski definition) is 2. The molecule has 0 aromatic carbocycles. The summed E-state index contributed by atoms with van der Waals surface area (Å²) in [4.78, 5) is 0. The van der Waals surface area contributed by atoms with Gasteiger partial charge in [-0.3, -0.25) is 0 Å². The second-order valence-corrected chi connectivity index (χ2v) is 4.60. The van der Waals surface area contributed by atoms with Crippen molar-refractivity contribution in [1.82, 2.24) is 0 Å². The summed E-state index contributed by atoms with van der Waals surface area (Å²) in [6.45, 7) is 8.63. The maximum Gasteiger partial charge on any atom is 0.164 e. The molecule has 0 amide bonds. The minimum absolute atomic E-state index is 0.346. The summed E-state index contributed by atoms with van der Waals surface area (Å²) in [5.41, 5.74) is 0.346. The van der Waals surface area contributed by atoms with Gasteiger partial charge in [0.1, 0.15) is 0 Å². The molecule has 0 atom stereocenters. The Labute approximate surface area is 76.3 Å². The third-order valence-electron chi connectivity index (χ3n) is 2.19. The van der Waals surface area contributed by atoms with Crippen molar-refractivity contribution in [2.24, 2.45) is 5.41 Å². The fourth-order valence-corrected chi connectivity index (χ4v) is 0.890. The monoisotopic (exact) mass is 174 g/mol. The molecule has 0 radical (unpaired) electrons. The Balaban J connectivity index is 3.89. The van der Waals surface area contributed by atoms with E-state index in [2.05, 4.69) is 20.8 Å². The van der Waals surface area contributed by atoms with Crippen LogP contribution < -0.4 is 0 Å². The fraction of sp³-hybridized carbons (Fsp3) is 1.00. The molecule has 0 saturated carbocycles. The average Bonchev–Trinajstić information content (AvgIpc) is 1.99. The van der Waals surface area contributed by atoms with Crippen LogP contribution in [-0.2, 0) is 9.47 Å². The highest BCUT2D eigenvalue weighted by atomic mass is 16.7. The van der Waals surface area contributed by atoms with E-state index < -0.39 is 5.79 Å². The first-order valence-corrected chi connectivity index (χ1v) is 4.43. The summed E-state index contributed by atoms with van der Waals surface area (Å²) in [5.74, 6) is -0.409. The topological polar surface area (TPSA) is 18.5 Å². The highest BCUT2D eigenvalue weighted by Gasteiger charge is 2.25. The zero-order chi connectivity index (χ0) is 9.83. The van der Waals surface area contributed by atoms with Gasteiger partial charge in [0, 0.05) is 20.6 Å². The maximum absolute atomic E-state index is 5.26. The van der Waals surface area contributed by atoms with E-state index in [0.29, 0.717) is 5.41 Å². The molecule has 0 saturated heterocycles. The van der Waals surface area contributed by atoms with Gasteiger partial charge in [0.2, 0.25) is 0 Å². The first kappa shape index (κ1) is 11.9. The van der Waals surface area contributed by atoms with E-state index in [9.17, 15) is 0 Å². The minimum Gasteiger partial charge on any atom is -0.353 e. The van der Waals surface area contributed by atoms with Crippen molar-refractivity contribution < 1.29 is 9.47 Å². The third kappa shape index (κ3) is 4.73. The molecule has 0 aliphatic rings. The van der Waals surface area contributed by atoms with Crippen LogP contribution in [0.15, 0.2) is 0 Å². The number of methoxy groups -OCH3 is 2. The summed E-state index contributed by atoms with van der Waals surface area (Å²) in [6.07, 6.45) is 2.04. The van der Waals surface area contributed by atoms with E-state index >= 15 is 0 Å². The summed E-state index contributed by atoms with van der Waals surface area (Å²) < 4.78 is 10.5. The molecule has 0 N–H and O–H groups in total. The van der Waals surface area contributed by atoms with Crippen LogP contribution in [0.3, 0.4) is 0 Å². The predicted octanol–water partition coefficient (Wildman–Crippen LogP) is 2.82. The molecule has 2 heteroatoms. The van der Waals surface area contributed by atoms with Gasteiger partial charge in [-0.25, -0.2) is 0 Å². The zero-order valence-corrected chi connectivity index (χ0v) is 9.23. The van der Waals surface area contributed by atoms with E-state index in [1.807, 2.05) is 6.92 Å². The molecule has 0 aliphatic carbocycles. The standard InChI is InChI=1S/C10H22O2/c1-9(2,3)7-8-10(4,11-5)12-6/h7-8H2,1-6H3. The molecule has 0 fully saturated rings. The summed E-state index contributed by atoms with van der Waals surface area (Å²) in [6, 6.07) is 0. The van der Waals surface area contributed by atoms with E-state index in [4.69, 9.17) is 9.47 Å². The van der Waals surface area contributed by atoms with Gasteiger partial charge in [-0.2, -0.15) is 0 Å². The number of hydrogen-bond donors (Lipinski definition) is 0. The van der Waals surface area contributed by atoms with E-state index in [0.717, 1.165) is 12.8 Å². The lowest BCUT2D eigenvalue weighted by Gasteiger charge is -2.29. The Bertz CT molecular complexity index is 120. The molecule has 0 aliphatic heterocycles. The highest BCUT2D eigenvalue weighted by molar-refractivity contribution is 4.68. The maximum atomic E-state index is 5.26. The predicted molar refractivity (Wildman–Crippen MR) is 51.1 cm³/mol. The lowest BCUT2D eigenvalue weighted by Crippen LogP contribution is -2.30. The van der Waals surface area contributed by atoms with Crippen LogP contribution in [0.4, 0.5) is 0 Å². The molecular weight excluding hydrogens is 152 g/mol. The van der Waals surface area contributed by atoms with Crippen LogP contribution in [-0.4, -0.2) is 20.0 Å². The largest absolute Gasteiger partial charge is 0.353 e. The van der Waals surface area contributed by atoms with Gasteiger partial charge in [-0.05, 0) is 18.8 Å². The van der Waals surface area contributed by atoms with Crippen LogP contribution in [0, 0.1) is 5.41 Å². The third-order valence-corrected chi connectivity index (χ3v) is 2.19.